The van der Waals surface area contributed by atoms with E-state index in [4.69, 9.17) is 9.47 Å². The summed E-state index contributed by atoms with van der Waals surface area (Å²) in [7, 11) is 1.70. The summed E-state index contributed by atoms with van der Waals surface area (Å²) in [6.45, 7) is 0.948. The van der Waals surface area contributed by atoms with E-state index in [9.17, 15) is 0 Å². The molecule has 1 saturated heterocycles. The second-order valence-electron chi connectivity index (χ2n) is 3.35. The Hall–Kier alpha value is -1.02. The molecule has 1 aromatic carbocycles. The van der Waals surface area contributed by atoms with Gasteiger partial charge in [-0.2, -0.15) is 0 Å². The molecular formula is C11H14O2. The quantitative estimate of drug-likeness (QED) is 0.658. The Morgan fingerprint density at radius 3 is 3.08 bits per heavy atom. The van der Waals surface area contributed by atoms with E-state index in [1.165, 1.54) is 5.56 Å². The maximum absolute atomic E-state index is 5.16. The zero-order valence-electron chi connectivity index (χ0n) is 7.82. The summed E-state index contributed by atoms with van der Waals surface area (Å²) in [5.74, 6) is 0.939. The molecule has 2 rings (SSSR count). The van der Waals surface area contributed by atoms with Gasteiger partial charge in [0.2, 0.25) is 0 Å². The van der Waals surface area contributed by atoms with Crippen LogP contribution < -0.4 is 4.74 Å². The fourth-order valence-electron chi connectivity index (χ4n) is 1.39. The number of aryl methyl sites for hydroxylation is 1. The highest BCUT2D eigenvalue weighted by Crippen LogP contribution is 2.19. The Kier molecular flexibility index (Phi) is 2.50. The lowest BCUT2D eigenvalue weighted by atomic mass is 10.1. The van der Waals surface area contributed by atoms with Crippen LogP contribution in [0, 0.1) is 0 Å². The van der Waals surface area contributed by atoms with Gasteiger partial charge in [0.1, 0.15) is 5.75 Å². The van der Waals surface area contributed by atoms with Crippen LogP contribution >= 0.6 is 0 Å². The summed E-state index contributed by atoms with van der Waals surface area (Å²) >= 11 is 0. The van der Waals surface area contributed by atoms with Crippen molar-refractivity contribution in [1.29, 1.82) is 0 Å². The van der Waals surface area contributed by atoms with Crippen molar-refractivity contribution in [2.75, 3.05) is 13.7 Å². The first kappa shape index (κ1) is 8.57. The maximum atomic E-state index is 5.16. The molecule has 0 bridgehead atoms. The van der Waals surface area contributed by atoms with E-state index in [0.29, 0.717) is 6.10 Å². The fraction of sp³-hybridized carbons (Fsp3) is 0.455. The average molecular weight is 178 g/mol. The molecule has 1 atom stereocenters. The first-order valence-corrected chi connectivity index (χ1v) is 4.63. The Bertz CT molecular complexity index is 279. The summed E-state index contributed by atoms with van der Waals surface area (Å²) in [6.07, 6.45) is 2.74. The number of methoxy groups -OCH3 is 1. The number of ether oxygens (including phenoxy) is 2. The van der Waals surface area contributed by atoms with Crippen molar-refractivity contribution < 1.29 is 9.47 Å². The normalized spacial score (nSPS) is 19.9. The van der Waals surface area contributed by atoms with E-state index >= 15 is 0 Å². The molecular weight excluding hydrogens is 164 g/mol. The lowest BCUT2D eigenvalue weighted by molar-refractivity contribution is 0.396. The van der Waals surface area contributed by atoms with Crippen LogP contribution in [0.25, 0.3) is 0 Å². The molecule has 1 unspecified atom stereocenters. The first-order valence-electron chi connectivity index (χ1n) is 4.63. The molecule has 2 nitrogen and oxygen atoms in total. The highest BCUT2D eigenvalue weighted by molar-refractivity contribution is 5.28. The monoisotopic (exact) mass is 178 g/mol. The lowest BCUT2D eigenvalue weighted by Gasteiger charge is -2.02. The minimum atomic E-state index is 0.520. The number of rotatable bonds is 4. The Morgan fingerprint density at radius 1 is 1.54 bits per heavy atom. The highest BCUT2D eigenvalue weighted by Gasteiger charge is 2.21. The molecule has 0 N–H and O–H groups in total. The van der Waals surface area contributed by atoms with E-state index < -0.39 is 0 Å². The highest BCUT2D eigenvalue weighted by atomic mass is 16.6. The zero-order valence-corrected chi connectivity index (χ0v) is 7.82. The molecule has 1 heterocycles. The number of hydrogen-bond acceptors (Lipinski definition) is 2. The van der Waals surface area contributed by atoms with Crippen LogP contribution in [0.5, 0.6) is 5.75 Å². The number of epoxide rings is 1. The van der Waals surface area contributed by atoms with Gasteiger partial charge in [0.15, 0.2) is 0 Å². The second kappa shape index (κ2) is 3.79. The number of hydrogen-bond donors (Lipinski definition) is 0. The molecule has 0 saturated carbocycles. The Balaban J connectivity index is 1.93. The minimum Gasteiger partial charge on any atom is -0.497 e. The lowest BCUT2D eigenvalue weighted by Crippen LogP contribution is -1.91. The van der Waals surface area contributed by atoms with Crippen LogP contribution in [0.15, 0.2) is 24.3 Å². The Morgan fingerprint density at radius 2 is 2.38 bits per heavy atom. The smallest absolute Gasteiger partial charge is 0.119 e. The van der Waals surface area contributed by atoms with Gasteiger partial charge in [0, 0.05) is 0 Å². The van der Waals surface area contributed by atoms with Gasteiger partial charge in [0.05, 0.1) is 19.8 Å². The molecule has 70 valence electrons. The summed E-state index contributed by atoms with van der Waals surface area (Å²) in [6, 6.07) is 8.21. The standard InChI is InChI=1S/C11H14O2/c1-12-10-4-2-3-9(7-10)5-6-11-8-13-11/h2-4,7,11H,5-6,8H2,1H3. The molecule has 0 radical (unpaired) electrons. The zero-order chi connectivity index (χ0) is 9.10. The third-order valence-corrected chi connectivity index (χ3v) is 2.29. The molecule has 1 aliphatic heterocycles. The van der Waals surface area contributed by atoms with E-state index in [2.05, 4.69) is 12.1 Å². The largest absolute Gasteiger partial charge is 0.497 e. The molecule has 0 aliphatic carbocycles. The van der Waals surface area contributed by atoms with Crippen molar-refractivity contribution in [2.24, 2.45) is 0 Å². The van der Waals surface area contributed by atoms with Gasteiger partial charge >= 0.3 is 0 Å². The van der Waals surface area contributed by atoms with Gasteiger partial charge in [0.25, 0.3) is 0 Å². The second-order valence-corrected chi connectivity index (χ2v) is 3.35. The van der Waals surface area contributed by atoms with Crippen LogP contribution in [-0.4, -0.2) is 19.8 Å². The van der Waals surface area contributed by atoms with E-state index in [-0.39, 0.29) is 0 Å². The van der Waals surface area contributed by atoms with Crippen molar-refractivity contribution in [3.63, 3.8) is 0 Å². The summed E-state index contributed by atoms with van der Waals surface area (Å²) in [5, 5.41) is 0. The minimum absolute atomic E-state index is 0.520. The van der Waals surface area contributed by atoms with Crippen molar-refractivity contribution in [1.82, 2.24) is 0 Å². The van der Waals surface area contributed by atoms with Crippen molar-refractivity contribution in [2.45, 2.75) is 18.9 Å². The third kappa shape index (κ3) is 2.46. The van der Waals surface area contributed by atoms with Crippen LogP contribution in [0.1, 0.15) is 12.0 Å². The van der Waals surface area contributed by atoms with Gasteiger partial charge in [-0.1, -0.05) is 12.1 Å². The maximum Gasteiger partial charge on any atom is 0.119 e. The van der Waals surface area contributed by atoms with Crippen molar-refractivity contribution in [3.05, 3.63) is 29.8 Å². The molecule has 1 fully saturated rings. The fourth-order valence-corrected chi connectivity index (χ4v) is 1.39. The topological polar surface area (TPSA) is 21.8 Å². The number of benzene rings is 1. The van der Waals surface area contributed by atoms with E-state index in [1.807, 2.05) is 12.1 Å². The first-order chi connectivity index (χ1) is 6.38. The van der Waals surface area contributed by atoms with Crippen LogP contribution in [0.3, 0.4) is 0 Å². The summed E-state index contributed by atoms with van der Waals surface area (Å²) < 4.78 is 10.3. The van der Waals surface area contributed by atoms with Crippen LogP contribution in [0.2, 0.25) is 0 Å². The molecule has 2 heteroatoms. The summed E-state index contributed by atoms with van der Waals surface area (Å²) in [4.78, 5) is 0. The van der Waals surface area contributed by atoms with Gasteiger partial charge in [-0.25, -0.2) is 0 Å². The van der Waals surface area contributed by atoms with Gasteiger partial charge < -0.3 is 9.47 Å². The van der Waals surface area contributed by atoms with Crippen molar-refractivity contribution in [3.8, 4) is 5.75 Å². The third-order valence-electron chi connectivity index (χ3n) is 2.29. The summed E-state index contributed by atoms with van der Waals surface area (Å²) in [5.41, 5.74) is 1.33. The van der Waals surface area contributed by atoms with Gasteiger partial charge in [-0.05, 0) is 30.5 Å². The predicted molar refractivity (Wildman–Crippen MR) is 51.1 cm³/mol. The van der Waals surface area contributed by atoms with Crippen LogP contribution in [-0.2, 0) is 11.2 Å². The predicted octanol–water partition coefficient (Wildman–Crippen LogP) is 2.03. The molecule has 0 amide bonds. The molecule has 0 spiro atoms. The average Bonchev–Trinajstić information content (AvgIpc) is 2.99. The molecule has 1 aromatic rings. The van der Waals surface area contributed by atoms with Gasteiger partial charge in [-0.3, -0.25) is 0 Å². The Labute approximate surface area is 78.5 Å². The van der Waals surface area contributed by atoms with E-state index in [0.717, 1.165) is 25.2 Å². The molecule has 1 aliphatic rings. The molecule has 0 aromatic heterocycles. The van der Waals surface area contributed by atoms with Crippen LogP contribution in [0.4, 0.5) is 0 Å². The van der Waals surface area contributed by atoms with Crippen molar-refractivity contribution >= 4 is 0 Å². The van der Waals surface area contributed by atoms with E-state index in [1.54, 1.807) is 7.11 Å². The van der Waals surface area contributed by atoms with Gasteiger partial charge in [-0.15, -0.1) is 0 Å². The molecule has 13 heavy (non-hydrogen) atoms. The SMILES string of the molecule is COc1cccc(CCC2CO2)c1.